The largest absolute Gasteiger partial charge is 0.365 e. The van der Waals surface area contributed by atoms with Crippen LogP contribution >= 0.6 is 11.3 Å². The Labute approximate surface area is 137 Å². The maximum atomic E-state index is 4.46. The van der Waals surface area contributed by atoms with Gasteiger partial charge in [0.25, 0.3) is 0 Å². The molecule has 3 aromatic heterocycles. The molecule has 0 atom stereocenters. The van der Waals surface area contributed by atoms with Crippen molar-refractivity contribution in [3.05, 3.63) is 71.9 Å². The van der Waals surface area contributed by atoms with Crippen molar-refractivity contribution in [1.82, 2.24) is 15.2 Å². The number of thiophene rings is 1. The van der Waals surface area contributed by atoms with Crippen LogP contribution < -0.4 is 5.32 Å². The van der Waals surface area contributed by atoms with Crippen LogP contribution in [0, 0.1) is 0 Å². The van der Waals surface area contributed by atoms with E-state index in [4.69, 9.17) is 0 Å². The molecule has 0 aliphatic rings. The van der Waals surface area contributed by atoms with Gasteiger partial charge in [0.1, 0.15) is 5.82 Å². The molecule has 4 aromatic rings. The second-order valence-corrected chi connectivity index (χ2v) is 6.03. The van der Waals surface area contributed by atoms with Crippen LogP contribution in [0.5, 0.6) is 0 Å². The lowest BCUT2D eigenvalue weighted by molar-refractivity contribution is 1.03. The lowest BCUT2D eigenvalue weighted by Crippen LogP contribution is -2.03. The summed E-state index contributed by atoms with van der Waals surface area (Å²) in [6, 6.07) is 16.3. The average molecular weight is 318 g/mol. The summed E-state index contributed by atoms with van der Waals surface area (Å²) in [5.41, 5.74) is 3.05. The molecule has 0 aliphatic heterocycles. The second-order valence-electron chi connectivity index (χ2n) is 5.12. The van der Waals surface area contributed by atoms with Crippen molar-refractivity contribution in [2.75, 3.05) is 5.32 Å². The van der Waals surface area contributed by atoms with Crippen LogP contribution in [-0.4, -0.2) is 15.2 Å². The van der Waals surface area contributed by atoms with E-state index in [1.165, 1.54) is 15.6 Å². The molecule has 1 N–H and O–H groups in total. The van der Waals surface area contributed by atoms with E-state index < -0.39 is 0 Å². The molecule has 5 heteroatoms. The first kappa shape index (κ1) is 13.8. The Morgan fingerprint density at radius 3 is 2.83 bits per heavy atom. The molecule has 0 amide bonds. The number of hydrogen-bond donors (Lipinski definition) is 1. The van der Waals surface area contributed by atoms with E-state index in [1.807, 2.05) is 24.3 Å². The van der Waals surface area contributed by atoms with E-state index in [0.717, 1.165) is 23.6 Å². The van der Waals surface area contributed by atoms with Gasteiger partial charge in [0.05, 0.1) is 5.69 Å². The first-order valence-corrected chi connectivity index (χ1v) is 8.22. The van der Waals surface area contributed by atoms with E-state index in [1.54, 1.807) is 23.7 Å². The van der Waals surface area contributed by atoms with Gasteiger partial charge < -0.3 is 5.32 Å². The Balaban J connectivity index is 1.64. The van der Waals surface area contributed by atoms with Crippen molar-refractivity contribution in [2.24, 2.45) is 0 Å². The fourth-order valence-electron chi connectivity index (χ4n) is 2.57. The summed E-state index contributed by atoms with van der Waals surface area (Å²) < 4.78 is 1.32. The highest BCUT2D eigenvalue weighted by molar-refractivity contribution is 7.17. The van der Waals surface area contributed by atoms with Gasteiger partial charge in [0.2, 0.25) is 0 Å². The van der Waals surface area contributed by atoms with Gasteiger partial charge in [-0.05, 0) is 46.7 Å². The van der Waals surface area contributed by atoms with Gasteiger partial charge >= 0.3 is 0 Å². The third-order valence-electron chi connectivity index (χ3n) is 3.66. The fraction of sp³-hybridized carbons (Fsp3) is 0.0556. The molecule has 4 nitrogen and oxygen atoms in total. The molecule has 0 saturated carbocycles. The summed E-state index contributed by atoms with van der Waals surface area (Å²) in [6.07, 6.45) is 3.46. The van der Waals surface area contributed by atoms with Gasteiger partial charge in [-0.1, -0.05) is 18.2 Å². The lowest BCUT2D eigenvalue weighted by Gasteiger charge is -2.10. The van der Waals surface area contributed by atoms with Crippen LogP contribution in [0.3, 0.4) is 0 Å². The van der Waals surface area contributed by atoms with Crippen molar-refractivity contribution in [3.8, 4) is 11.3 Å². The van der Waals surface area contributed by atoms with E-state index in [-0.39, 0.29) is 0 Å². The smallest absolute Gasteiger partial charge is 0.135 e. The normalized spacial score (nSPS) is 10.8. The molecule has 0 unspecified atom stereocenters. The molecular formula is C18H14N4S. The minimum Gasteiger partial charge on any atom is -0.365 e. The van der Waals surface area contributed by atoms with Crippen molar-refractivity contribution in [3.63, 3.8) is 0 Å². The minimum absolute atomic E-state index is 0.724. The van der Waals surface area contributed by atoms with Crippen molar-refractivity contribution in [1.29, 1.82) is 0 Å². The summed E-state index contributed by atoms with van der Waals surface area (Å²) in [5, 5.41) is 15.0. The van der Waals surface area contributed by atoms with Crippen LogP contribution in [0.25, 0.3) is 21.3 Å². The van der Waals surface area contributed by atoms with E-state index in [9.17, 15) is 0 Å². The fourth-order valence-corrected chi connectivity index (χ4v) is 3.49. The average Bonchev–Trinajstić information content (AvgIpc) is 3.10. The Morgan fingerprint density at radius 2 is 1.91 bits per heavy atom. The van der Waals surface area contributed by atoms with Gasteiger partial charge in [-0.25, -0.2) is 4.98 Å². The van der Waals surface area contributed by atoms with Crippen LogP contribution in [0.15, 0.2) is 66.3 Å². The third kappa shape index (κ3) is 2.78. The molecule has 1 aromatic carbocycles. The molecular weight excluding hydrogens is 304 g/mol. The molecule has 4 rings (SSSR count). The number of nitrogens with one attached hydrogen (secondary N) is 1. The molecule has 0 radical (unpaired) electrons. The van der Waals surface area contributed by atoms with E-state index in [2.05, 4.69) is 50.1 Å². The van der Waals surface area contributed by atoms with Crippen LogP contribution in [-0.2, 0) is 6.54 Å². The summed E-state index contributed by atoms with van der Waals surface area (Å²) in [4.78, 5) is 4.46. The molecule has 0 saturated heterocycles. The zero-order valence-corrected chi connectivity index (χ0v) is 13.1. The second kappa shape index (κ2) is 6.14. The van der Waals surface area contributed by atoms with Crippen LogP contribution in [0.2, 0.25) is 0 Å². The Hall–Kier alpha value is -2.79. The summed E-state index contributed by atoms with van der Waals surface area (Å²) in [5.74, 6) is 0.821. The zero-order valence-electron chi connectivity index (χ0n) is 12.3. The number of aromatic nitrogens is 3. The van der Waals surface area contributed by atoms with Crippen molar-refractivity contribution < 1.29 is 0 Å². The van der Waals surface area contributed by atoms with E-state index >= 15 is 0 Å². The van der Waals surface area contributed by atoms with Gasteiger partial charge in [-0.15, -0.1) is 11.3 Å². The number of hydrogen-bond acceptors (Lipinski definition) is 5. The predicted molar refractivity (Wildman–Crippen MR) is 94.4 cm³/mol. The summed E-state index contributed by atoms with van der Waals surface area (Å²) in [6.45, 7) is 0.724. The van der Waals surface area contributed by atoms with Gasteiger partial charge in [0.15, 0.2) is 0 Å². The van der Waals surface area contributed by atoms with Crippen LogP contribution in [0.4, 0.5) is 5.82 Å². The number of fused-ring (bicyclic) bond motifs is 1. The molecule has 0 fully saturated rings. The topological polar surface area (TPSA) is 50.7 Å². The Bertz CT molecular complexity index is 934. The molecule has 0 aliphatic carbocycles. The first-order chi connectivity index (χ1) is 11.4. The lowest BCUT2D eigenvalue weighted by atomic mass is 10.1. The predicted octanol–water partition coefficient (Wildman–Crippen LogP) is 4.37. The maximum absolute atomic E-state index is 4.46. The van der Waals surface area contributed by atoms with E-state index in [0.29, 0.717) is 0 Å². The number of pyridine rings is 1. The summed E-state index contributed by atoms with van der Waals surface area (Å²) >= 11 is 1.77. The van der Waals surface area contributed by atoms with Crippen LogP contribution in [0.1, 0.15) is 5.56 Å². The zero-order chi connectivity index (χ0) is 15.5. The van der Waals surface area contributed by atoms with Gasteiger partial charge in [-0.2, -0.15) is 10.2 Å². The SMILES string of the molecule is c1cnnc(-c2cccnc2NCc2cccc3ccsc23)c1. The first-order valence-electron chi connectivity index (χ1n) is 7.34. The highest BCUT2D eigenvalue weighted by atomic mass is 32.1. The van der Waals surface area contributed by atoms with Crippen molar-refractivity contribution in [2.45, 2.75) is 6.54 Å². The summed E-state index contributed by atoms with van der Waals surface area (Å²) in [7, 11) is 0. The highest BCUT2D eigenvalue weighted by Crippen LogP contribution is 2.27. The molecule has 112 valence electrons. The Morgan fingerprint density at radius 1 is 0.957 bits per heavy atom. The van der Waals surface area contributed by atoms with Gasteiger partial charge in [0, 0.05) is 29.2 Å². The highest BCUT2D eigenvalue weighted by Gasteiger charge is 2.08. The minimum atomic E-state index is 0.724. The Kier molecular flexibility index (Phi) is 3.70. The molecule has 23 heavy (non-hydrogen) atoms. The number of nitrogens with zero attached hydrogens (tertiary/aromatic N) is 3. The molecule has 0 bridgehead atoms. The van der Waals surface area contributed by atoms with Crippen molar-refractivity contribution >= 4 is 27.2 Å². The maximum Gasteiger partial charge on any atom is 0.135 e. The number of anilines is 1. The monoisotopic (exact) mass is 318 g/mol. The third-order valence-corrected chi connectivity index (χ3v) is 4.67. The molecule has 3 heterocycles. The quantitative estimate of drug-likeness (QED) is 0.607. The number of benzene rings is 1. The van der Waals surface area contributed by atoms with Gasteiger partial charge in [-0.3, -0.25) is 0 Å². The molecule has 0 spiro atoms. The standard InChI is InChI=1S/C18H14N4S/c1-4-13-8-11-23-17(13)14(5-1)12-20-18-15(6-2-9-19-18)16-7-3-10-21-22-16/h1-11H,12H2,(H,19,20). The number of rotatable bonds is 4.